The highest BCUT2D eigenvalue weighted by Gasteiger charge is 2.21. The Hall–Kier alpha value is -1.57. The van der Waals surface area contributed by atoms with Crippen LogP contribution in [0.1, 0.15) is 38.3 Å². The highest BCUT2D eigenvalue weighted by molar-refractivity contribution is 5.45. The van der Waals surface area contributed by atoms with Crippen LogP contribution in [0.3, 0.4) is 0 Å². The van der Waals surface area contributed by atoms with Gasteiger partial charge in [0.1, 0.15) is 11.8 Å². The van der Waals surface area contributed by atoms with Crippen molar-refractivity contribution in [3.05, 3.63) is 29.3 Å². The maximum atomic E-state index is 10.2. The van der Waals surface area contributed by atoms with E-state index in [0.29, 0.717) is 30.3 Å². The Kier molecular flexibility index (Phi) is 6.00. The molecule has 1 aromatic rings. The summed E-state index contributed by atoms with van der Waals surface area (Å²) in [6, 6.07) is 7.59. The lowest BCUT2D eigenvalue weighted by Gasteiger charge is -2.25. The molecule has 0 aliphatic carbocycles. The largest absolute Gasteiger partial charge is 0.495 e. The highest BCUT2D eigenvalue weighted by Crippen LogP contribution is 2.19. The summed E-state index contributed by atoms with van der Waals surface area (Å²) < 4.78 is 5.18. The van der Waals surface area contributed by atoms with Gasteiger partial charge in [0.05, 0.1) is 18.3 Å². The monoisotopic (exact) mass is 276 g/mol. The smallest absolute Gasteiger partial charge is 0.136 e. The molecule has 0 amide bonds. The zero-order valence-corrected chi connectivity index (χ0v) is 12.7. The second kappa shape index (κ2) is 7.28. The molecule has 110 valence electrons. The van der Waals surface area contributed by atoms with Gasteiger partial charge in [-0.3, -0.25) is 0 Å². The van der Waals surface area contributed by atoms with Crippen LogP contribution >= 0.6 is 0 Å². The van der Waals surface area contributed by atoms with Crippen LogP contribution in [-0.2, 0) is 6.54 Å². The van der Waals surface area contributed by atoms with Gasteiger partial charge >= 0.3 is 0 Å². The fourth-order valence-corrected chi connectivity index (χ4v) is 2.37. The van der Waals surface area contributed by atoms with Crippen LogP contribution in [0.2, 0.25) is 0 Å². The van der Waals surface area contributed by atoms with E-state index >= 15 is 0 Å². The number of methoxy groups -OCH3 is 1. The van der Waals surface area contributed by atoms with Crippen molar-refractivity contribution < 1.29 is 9.84 Å². The van der Waals surface area contributed by atoms with Gasteiger partial charge in [0.15, 0.2) is 0 Å². The van der Waals surface area contributed by atoms with Crippen molar-refractivity contribution in [2.45, 2.75) is 39.3 Å². The van der Waals surface area contributed by atoms with Crippen LogP contribution in [0.15, 0.2) is 18.2 Å². The molecule has 4 nitrogen and oxygen atoms in total. The number of nitriles is 1. The Bertz CT molecular complexity index is 476. The first-order valence-corrected chi connectivity index (χ1v) is 6.88. The van der Waals surface area contributed by atoms with Gasteiger partial charge in [-0.15, -0.1) is 0 Å². The summed E-state index contributed by atoms with van der Waals surface area (Å²) in [5, 5.41) is 22.4. The maximum absolute atomic E-state index is 10.2. The molecule has 0 saturated carbocycles. The molecule has 0 bridgehead atoms. The van der Waals surface area contributed by atoms with Crippen molar-refractivity contribution in [2.24, 2.45) is 5.92 Å². The minimum atomic E-state index is -0.704. The van der Waals surface area contributed by atoms with Gasteiger partial charge in [0, 0.05) is 13.1 Å². The summed E-state index contributed by atoms with van der Waals surface area (Å²) in [5.74, 6) is 1.04. The number of hydrogen-bond donors (Lipinski definition) is 2. The van der Waals surface area contributed by atoms with E-state index in [1.807, 2.05) is 19.1 Å². The van der Waals surface area contributed by atoms with Crippen LogP contribution in [0, 0.1) is 17.2 Å². The van der Waals surface area contributed by atoms with Crippen LogP contribution < -0.4 is 10.1 Å². The molecule has 0 saturated heterocycles. The molecule has 4 heteroatoms. The van der Waals surface area contributed by atoms with Crippen molar-refractivity contribution in [2.75, 3.05) is 13.7 Å². The summed E-state index contributed by atoms with van der Waals surface area (Å²) in [6.07, 6.45) is 0.761. The normalized spacial score (nSPS) is 13.8. The number of rotatable bonds is 7. The second-order valence-electron chi connectivity index (χ2n) is 5.84. The molecule has 0 aromatic heterocycles. The second-order valence-corrected chi connectivity index (χ2v) is 5.84. The fraction of sp³-hybridized carbons (Fsp3) is 0.562. The summed E-state index contributed by atoms with van der Waals surface area (Å²) in [7, 11) is 1.56. The summed E-state index contributed by atoms with van der Waals surface area (Å²) >= 11 is 0. The van der Waals surface area contributed by atoms with Gasteiger partial charge in [-0.2, -0.15) is 5.26 Å². The summed E-state index contributed by atoms with van der Waals surface area (Å²) in [5.41, 5.74) is 0.856. The van der Waals surface area contributed by atoms with Crippen LogP contribution in [0.5, 0.6) is 5.75 Å². The minimum Gasteiger partial charge on any atom is -0.495 e. The number of ether oxygens (including phenoxy) is 1. The lowest BCUT2D eigenvalue weighted by Crippen LogP contribution is -2.38. The molecule has 0 fully saturated rings. The average molecular weight is 276 g/mol. The SMILES string of the molecule is COc1cc(CNCC(C)(O)CC(C)C)ccc1C#N. The Balaban J connectivity index is 2.56. The lowest BCUT2D eigenvalue weighted by molar-refractivity contribution is 0.0383. The van der Waals surface area contributed by atoms with Gasteiger partial charge in [-0.05, 0) is 37.0 Å². The molecular weight excluding hydrogens is 252 g/mol. The average Bonchev–Trinajstić information content (AvgIpc) is 2.36. The molecule has 2 N–H and O–H groups in total. The minimum absolute atomic E-state index is 0.460. The molecule has 0 heterocycles. The number of hydrogen-bond acceptors (Lipinski definition) is 4. The van der Waals surface area contributed by atoms with E-state index in [9.17, 15) is 5.11 Å². The summed E-state index contributed by atoms with van der Waals surface area (Å²) in [4.78, 5) is 0. The number of aliphatic hydroxyl groups is 1. The third kappa shape index (κ3) is 5.20. The molecule has 0 aliphatic rings. The van der Waals surface area contributed by atoms with Crippen LogP contribution in [0.25, 0.3) is 0 Å². The molecule has 0 aliphatic heterocycles. The first-order valence-electron chi connectivity index (χ1n) is 6.88. The molecule has 1 rings (SSSR count). The van der Waals surface area contributed by atoms with E-state index < -0.39 is 5.60 Å². The fourth-order valence-electron chi connectivity index (χ4n) is 2.37. The molecular formula is C16H24N2O2. The first kappa shape index (κ1) is 16.5. The van der Waals surface area contributed by atoms with Crippen molar-refractivity contribution in [3.8, 4) is 11.8 Å². The maximum Gasteiger partial charge on any atom is 0.136 e. The van der Waals surface area contributed by atoms with E-state index in [2.05, 4.69) is 25.2 Å². The molecule has 1 unspecified atom stereocenters. The Morgan fingerprint density at radius 3 is 2.70 bits per heavy atom. The predicted molar refractivity (Wildman–Crippen MR) is 79.5 cm³/mol. The van der Waals surface area contributed by atoms with Crippen molar-refractivity contribution in [3.63, 3.8) is 0 Å². The highest BCUT2D eigenvalue weighted by atomic mass is 16.5. The molecule has 1 atom stereocenters. The first-order chi connectivity index (χ1) is 9.38. The molecule has 0 radical (unpaired) electrons. The zero-order valence-electron chi connectivity index (χ0n) is 12.7. The van der Waals surface area contributed by atoms with Gasteiger partial charge in [0.25, 0.3) is 0 Å². The third-order valence-corrected chi connectivity index (χ3v) is 3.07. The van der Waals surface area contributed by atoms with E-state index in [1.54, 1.807) is 13.2 Å². The van der Waals surface area contributed by atoms with E-state index in [1.165, 1.54) is 0 Å². The Morgan fingerprint density at radius 2 is 2.15 bits per heavy atom. The van der Waals surface area contributed by atoms with E-state index in [0.717, 1.165) is 12.0 Å². The van der Waals surface area contributed by atoms with Crippen molar-refractivity contribution in [1.29, 1.82) is 5.26 Å². The topological polar surface area (TPSA) is 65.3 Å². The number of nitrogens with one attached hydrogen (secondary N) is 1. The van der Waals surface area contributed by atoms with E-state index in [-0.39, 0.29) is 0 Å². The van der Waals surface area contributed by atoms with Gasteiger partial charge < -0.3 is 15.2 Å². The molecule has 20 heavy (non-hydrogen) atoms. The zero-order chi connectivity index (χ0) is 15.2. The van der Waals surface area contributed by atoms with Crippen molar-refractivity contribution >= 4 is 0 Å². The quantitative estimate of drug-likeness (QED) is 0.803. The molecule has 0 spiro atoms. The van der Waals surface area contributed by atoms with Crippen LogP contribution in [0.4, 0.5) is 0 Å². The van der Waals surface area contributed by atoms with Crippen LogP contribution in [-0.4, -0.2) is 24.4 Å². The van der Waals surface area contributed by atoms with Gasteiger partial charge in [0.2, 0.25) is 0 Å². The number of benzene rings is 1. The van der Waals surface area contributed by atoms with Crippen molar-refractivity contribution in [1.82, 2.24) is 5.32 Å². The summed E-state index contributed by atoms with van der Waals surface area (Å²) in [6.45, 7) is 7.21. The lowest BCUT2D eigenvalue weighted by atomic mass is 9.94. The van der Waals surface area contributed by atoms with E-state index in [4.69, 9.17) is 10.00 Å². The third-order valence-electron chi connectivity index (χ3n) is 3.07. The number of nitrogens with zero attached hydrogens (tertiary/aromatic N) is 1. The van der Waals surface area contributed by atoms with Gasteiger partial charge in [-0.1, -0.05) is 19.9 Å². The van der Waals surface area contributed by atoms with Gasteiger partial charge in [-0.25, -0.2) is 0 Å². The predicted octanol–water partition coefficient (Wildman–Crippen LogP) is 2.45. The standard InChI is InChI=1S/C16H24N2O2/c1-12(2)8-16(3,19)11-18-10-13-5-6-14(9-17)15(7-13)20-4/h5-7,12,18-19H,8,10-11H2,1-4H3. The Morgan fingerprint density at radius 1 is 1.45 bits per heavy atom. The molecule has 1 aromatic carbocycles. The Labute approximate surface area is 121 Å².